The molecule has 0 unspecified atom stereocenters. The van der Waals surface area contributed by atoms with E-state index in [1.54, 1.807) is 19.9 Å². The molecule has 3 N–H and O–H groups in total. The minimum absolute atomic E-state index is 0.000304. The number of nitrogens with one attached hydrogen (secondary N) is 1. The summed E-state index contributed by atoms with van der Waals surface area (Å²) in [5, 5.41) is 20.9. The number of carboxylic acid groups (broad SMARTS) is 1. The number of carbonyl (C=O) groups excluding carboxylic acids is 1. The Balaban J connectivity index is 2.87. The second-order valence-electron chi connectivity index (χ2n) is 4.20. The summed E-state index contributed by atoms with van der Waals surface area (Å²) in [4.78, 5) is 22.8. The number of halogens is 1. The summed E-state index contributed by atoms with van der Waals surface area (Å²) in [7, 11) is 0. The Kier molecular flexibility index (Phi) is 4.94. The summed E-state index contributed by atoms with van der Waals surface area (Å²) in [6.07, 6.45) is 0. The number of aliphatic carboxylic acids is 1. The van der Waals surface area contributed by atoms with E-state index in [2.05, 4.69) is 5.32 Å². The average Bonchev–Trinajstić information content (AvgIpc) is 2.28. The fraction of sp³-hybridized carbons (Fsp3) is 0.333. The molecule has 1 amide bonds. The van der Waals surface area contributed by atoms with Crippen molar-refractivity contribution in [1.82, 2.24) is 5.32 Å². The molecule has 0 heterocycles. The van der Waals surface area contributed by atoms with Gasteiger partial charge in [-0.1, -0.05) is 13.8 Å². The molecule has 0 fully saturated rings. The van der Waals surface area contributed by atoms with Crippen LogP contribution in [-0.4, -0.2) is 28.1 Å². The maximum atomic E-state index is 11.8. The third kappa shape index (κ3) is 3.59. The maximum Gasteiger partial charge on any atom is 0.326 e. The Morgan fingerprint density at radius 2 is 1.94 bits per heavy atom. The van der Waals surface area contributed by atoms with Crippen LogP contribution >= 0.6 is 22.6 Å². The van der Waals surface area contributed by atoms with Crippen LogP contribution in [0.25, 0.3) is 0 Å². The van der Waals surface area contributed by atoms with Gasteiger partial charge in [0, 0.05) is 5.56 Å². The smallest absolute Gasteiger partial charge is 0.326 e. The highest BCUT2D eigenvalue weighted by Crippen LogP contribution is 2.20. The number of hydrogen-bond acceptors (Lipinski definition) is 3. The van der Waals surface area contributed by atoms with Gasteiger partial charge in [-0.15, -0.1) is 0 Å². The van der Waals surface area contributed by atoms with E-state index in [1.807, 2.05) is 22.6 Å². The van der Waals surface area contributed by atoms with Gasteiger partial charge >= 0.3 is 5.97 Å². The standard InChI is InChI=1S/C12H14INO4/c1-6(2)10(12(17)18)14-11(16)7-3-4-8(13)9(15)5-7/h3-6,10,15H,1-2H3,(H,14,16)(H,17,18)/t10-/m0/s1. The van der Waals surface area contributed by atoms with Crippen LogP contribution in [0.2, 0.25) is 0 Å². The number of aromatic hydroxyl groups is 1. The highest BCUT2D eigenvalue weighted by Gasteiger charge is 2.24. The molecular formula is C12H14INO4. The van der Waals surface area contributed by atoms with E-state index in [0.717, 1.165) is 0 Å². The first-order chi connectivity index (χ1) is 8.32. The van der Waals surface area contributed by atoms with E-state index >= 15 is 0 Å². The Morgan fingerprint density at radius 1 is 1.33 bits per heavy atom. The number of rotatable bonds is 4. The molecular weight excluding hydrogens is 349 g/mol. The van der Waals surface area contributed by atoms with Gasteiger partial charge in [-0.3, -0.25) is 4.79 Å². The summed E-state index contributed by atoms with van der Waals surface area (Å²) >= 11 is 1.94. The van der Waals surface area contributed by atoms with E-state index in [-0.39, 0.29) is 17.2 Å². The molecule has 0 radical (unpaired) electrons. The molecule has 1 atom stereocenters. The molecule has 0 aromatic heterocycles. The average molecular weight is 363 g/mol. The van der Waals surface area contributed by atoms with Crippen molar-refractivity contribution in [1.29, 1.82) is 0 Å². The first-order valence-electron chi connectivity index (χ1n) is 5.35. The Labute approximate surface area is 118 Å². The molecule has 1 rings (SSSR count). The predicted molar refractivity (Wildman–Crippen MR) is 74.6 cm³/mol. The van der Waals surface area contributed by atoms with Crippen molar-refractivity contribution in [3.8, 4) is 5.75 Å². The van der Waals surface area contributed by atoms with E-state index < -0.39 is 17.9 Å². The zero-order chi connectivity index (χ0) is 13.9. The van der Waals surface area contributed by atoms with Crippen LogP contribution in [-0.2, 0) is 4.79 Å². The van der Waals surface area contributed by atoms with Gasteiger partial charge in [0.05, 0.1) is 3.57 Å². The highest BCUT2D eigenvalue weighted by molar-refractivity contribution is 14.1. The quantitative estimate of drug-likeness (QED) is 0.713. The van der Waals surface area contributed by atoms with Gasteiger partial charge in [0.25, 0.3) is 5.91 Å². The van der Waals surface area contributed by atoms with Crippen molar-refractivity contribution in [2.45, 2.75) is 19.9 Å². The SMILES string of the molecule is CC(C)[C@H](NC(=O)c1ccc(I)c(O)c1)C(=O)O. The lowest BCUT2D eigenvalue weighted by molar-refractivity contribution is -0.140. The molecule has 0 aliphatic carbocycles. The molecule has 6 heteroatoms. The van der Waals surface area contributed by atoms with Crippen LogP contribution in [0.15, 0.2) is 18.2 Å². The van der Waals surface area contributed by atoms with Gasteiger partial charge in [0.15, 0.2) is 0 Å². The third-order valence-corrected chi connectivity index (χ3v) is 3.34. The minimum atomic E-state index is -1.08. The molecule has 0 bridgehead atoms. The van der Waals surface area contributed by atoms with Gasteiger partial charge in [-0.05, 0) is 46.7 Å². The number of hydrogen-bond donors (Lipinski definition) is 3. The number of amides is 1. The van der Waals surface area contributed by atoms with Crippen LogP contribution in [0.5, 0.6) is 5.75 Å². The number of phenolic OH excluding ortho intramolecular Hbond substituents is 1. The number of benzene rings is 1. The summed E-state index contributed by atoms with van der Waals surface area (Å²) in [6.45, 7) is 3.43. The molecule has 0 saturated carbocycles. The Morgan fingerprint density at radius 3 is 2.39 bits per heavy atom. The summed E-state index contributed by atoms with van der Waals surface area (Å²) in [5.41, 5.74) is 0.236. The number of carbonyl (C=O) groups is 2. The topological polar surface area (TPSA) is 86.6 Å². The van der Waals surface area contributed by atoms with Crippen molar-refractivity contribution in [2.75, 3.05) is 0 Å². The van der Waals surface area contributed by atoms with Crippen molar-refractivity contribution in [3.63, 3.8) is 0 Å². The summed E-state index contributed by atoms with van der Waals surface area (Å²) in [6, 6.07) is 3.50. The molecule has 0 aliphatic rings. The van der Waals surface area contributed by atoms with Crippen molar-refractivity contribution < 1.29 is 19.8 Å². The maximum absolute atomic E-state index is 11.8. The van der Waals surface area contributed by atoms with E-state index in [0.29, 0.717) is 3.57 Å². The van der Waals surface area contributed by atoms with Gasteiger partial charge in [-0.2, -0.15) is 0 Å². The molecule has 0 aliphatic heterocycles. The fourth-order valence-electron chi connectivity index (χ4n) is 1.39. The largest absolute Gasteiger partial charge is 0.507 e. The number of phenols is 1. The van der Waals surface area contributed by atoms with E-state index in [4.69, 9.17) is 5.11 Å². The van der Waals surface area contributed by atoms with Crippen molar-refractivity contribution >= 4 is 34.5 Å². The minimum Gasteiger partial charge on any atom is -0.507 e. The first-order valence-corrected chi connectivity index (χ1v) is 6.43. The van der Waals surface area contributed by atoms with Crippen LogP contribution in [0.1, 0.15) is 24.2 Å². The summed E-state index contributed by atoms with van der Waals surface area (Å²) < 4.78 is 0.628. The Hall–Kier alpha value is -1.31. The molecule has 0 saturated heterocycles. The van der Waals surface area contributed by atoms with Crippen LogP contribution < -0.4 is 5.32 Å². The lowest BCUT2D eigenvalue weighted by Crippen LogP contribution is -2.44. The molecule has 1 aromatic carbocycles. The van der Waals surface area contributed by atoms with Crippen LogP contribution in [0.4, 0.5) is 0 Å². The zero-order valence-electron chi connectivity index (χ0n) is 9.98. The van der Waals surface area contributed by atoms with Gasteiger partial charge in [0.1, 0.15) is 11.8 Å². The zero-order valence-corrected chi connectivity index (χ0v) is 12.1. The van der Waals surface area contributed by atoms with E-state index in [9.17, 15) is 14.7 Å². The highest BCUT2D eigenvalue weighted by atomic mass is 127. The second kappa shape index (κ2) is 6.03. The third-order valence-electron chi connectivity index (χ3n) is 2.43. The van der Waals surface area contributed by atoms with Crippen LogP contribution in [0, 0.1) is 9.49 Å². The van der Waals surface area contributed by atoms with Crippen molar-refractivity contribution in [3.05, 3.63) is 27.3 Å². The number of carboxylic acids is 1. The molecule has 0 spiro atoms. The van der Waals surface area contributed by atoms with Gasteiger partial charge < -0.3 is 15.5 Å². The normalized spacial score (nSPS) is 12.2. The molecule has 98 valence electrons. The Bertz CT molecular complexity index is 473. The predicted octanol–water partition coefficient (Wildman–Crippen LogP) is 1.84. The van der Waals surface area contributed by atoms with Gasteiger partial charge in [0.2, 0.25) is 0 Å². The fourth-order valence-corrected chi connectivity index (χ4v) is 1.73. The van der Waals surface area contributed by atoms with E-state index in [1.165, 1.54) is 12.1 Å². The second-order valence-corrected chi connectivity index (χ2v) is 5.36. The molecule has 1 aromatic rings. The molecule has 18 heavy (non-hydrogen) atoms. The molecule has 5 nitrogen and oxygen atoms in total. The monoisotopic (exact) mass is 363 g/mol. The lowest BCUT2D eigenvalue weighted by atomic mass is 10.0. The van der Waals surface area contributed by atoms with Crippen LogP contribution in [0.3, 0.4) is 0 Å². The van der Waals surface area contributed by atoms with Gasteiger partial charge in [-0.25, -0.2) is 4.79 Å². The van der Waals surface area contributed by atoms with Crippen molar-refractivity contribution in [2.24, 2.45) is 5.92 Å². The summed E-state index contributed by atoms with van der Waals surface area (Å²) in [5.74, 6) is -1.81. The first kappa shape index (κ1) is 14.7. The lowest BCUT2D eigenvalue weighted by Gasteiger charge is -2.17.